The van der Waals surface area contributed by atoms with Crippen molar-refractivity contribution < 1.29 is 13.9 Å². The van der Waals surface area contributed by atoms with Crippen molar-refractivity contribution in [3.63, 3.8) is 0 Å². The molecule has 3 rings (SSSR count). The van der Waals surface area contributed by atoms with E-state index >= 15 is 0 Å². The number of methoxy groups -OCH3 is 1. The summed E-state index contributed by atoms with van der Waals surface area (Å²) in [6.07, 6.45) is 2.68. The number of ether oxygens (including phenoxy) is 1. The van der Waals surface area contributed by atoms with Crippen LogP contribution in [0.15, 0.2) is 47.1 Å². The Kier molecular flexibility index (Phi) is 5.13. The first-order valence-corrected chi connectivity index (χ1v) is 8.12. The summed E-state index contributed by atoms with van der Waals surface area (Å²) >= 11 is 0. The Labute approximate surface area is 145 Å². The van der Waals surface area contributed by atoms with Crippen LogP contribution in [0.1, 0.15) is 30.1 Å². The zero-order chi connectivity index (χ0) is 17.6. The number of hydrogen-bond donors (Lipinski definition) is 1. The van der Waals surface area contributed by atoms with Gasteiger partial charge >= 0.3 is 0 Å². The number of hydrogen-bond acceptors (Lipinski definition) is 6. The summed E-state index contributed by atoms with van der Waals surface area (Å²) in [5, 5.41) is 7.47. The van der Waals surface area contributed by atoms with Gasteiger partial charge in [0.2, 0.25) is 17.7 Å². The van der Waals surface area contributed by atoms with E-state index in [1.807, 2.05) is 31.2 Å². The molecule has 0 radical (unpaired) electrons. The second-order valence-corrected chi connectivity index (χ2v) is 5.46. The van der Waals surface area contributed by atoms with E-state index in [0.29, 0.717) is 30.5 Å². The van der Waals surface area contributed by atoms with E-state index < -0.39 is 0 Å². The lowest BCUT2D eigenvalue weighted by Gasteiger charge is -2.10. The van der Waals surface area contributed by atoms with Gasteiger partial charge in [-0.2, -0.15) is 9.67 Å². The number of aromatic nitrogens is 3. The number of anilines is 1. The second-order valence-electron chi connectivity index (χ2n) is 5.46. The maximum Gasteiger partial charge on any atom is 0.250 e. The molecule has 0 unspecified atom stereocenters. The van der Waals surface area contributed by atoms with E-state index in [1.165, 1.54) is 4.68 Å². The molecule has 25 heavy (non-hydrogen) atoms. The van der Waals surface area contributed by atoms with Crippen LogP contribution in [0, 0.1) is 0 Å². The fraction of sp³-hybridized carbons (Fsp3) is 0.278. The highest BCUT2D eigenvalue weighted by Gasteiger charge is 2.18. The highest BCUT2D eigenvalue weighted by molar-refractivity contribution is 5.81. The Morgan fingerprint density at radius 2 is 2.12 bits per heavy atom. The van der Waals surface area contributed by atoms with Gasteiger partial charge in [-0.1, -0.05) is 25.1 Å². The molecule has 0 aliphatic rings. The minimum Gasteiger partial charge on any atom is -0.496 e. The Bertz CT molecular complexity index is 840. The van der Waals surface area contributed by atoms with Crippen molar-refractivity contribution >= 4 is 11.9 Å². The first-order chi connectivity index (χ1) is 12.2. The molecule has 2 heterocycles. The van der Waals surface area contributed by atoms with Crippen LogP contribution in [0.4, 0.5) is 5.95 Å². The molecule has 3 aromatic rings. The molecule has 1 aromatic carbocycles. The zero-order valence-corrected chi connectivity index (χ0v) is 14.2. The average molecular weight is 340 g/mol. The quantitative estimate of drug-likeness (QED) is 0.707. The summed E-state index contributed by atoms with van der Waals surface area (Å²) < 4.78 is 12.0. The van der Waals surface area contributed by atoms with E-state index in [0.717, 1.165) is 17.7 Å². The second kappa shape index (κ2) is 7.65. The van der Waals surface area contributed by atoms with Crippen LogP contribution in [-0.2, 0) is 6.54 Å². The maximum atomic E-state index is 12.3. The number of benzene rings is 1. The number of nitrogens with zero attached hydrogens (tertiary/aromatic N) is 3. The summed E-state index contributed by atoms with van der Waals surface area (Å²) in [5.74, 6) is 1.93. The van der Waals surface area contributed by atoms with Crippen LogP contribution in [0.3, 0.4) is 0 Å². The highest BCUT2D eigenvalue weighted by Crippen LogP contribution is 2.21. The van der Waals surface area contributed by atoms with Crippen molar-refractivity contribution in [2.24, 2.45) is 0 Å². The fourth-order valence-corrected chi connectivity index (χ4v) is 2.45. The van der Waals surface area contributed by atoms with Crippen LogP contribution >= 0.6 is 0 Å². The van der Waals surface area contributed by atoms with Crippen LogP contribution in [0.2, 0.25) is 0 Å². The summed E-state index contributed by atoms with van der Waals surface area (Å²) in [7, 11) is 1.63. The minimum absolute atomic E-state index is 0.115. The molecule has 0 amide bonds. The fourth-order valence-electron chi connectivity index (χ4n) is 2.45. The highest BCUT2D eigenvalue weighted by atomic mass is 16.5. The lowest BCUT2D eigenvalue weighted by Crippen LogP contribution is -2.16. The average Bonchev–Trinajstić information content (AvgIpc) is 3.30. The predicted octanol–water partition coefficient (Wildman–Crippen LogP) is 3.60. The number of nitrogens with one attached hydrogen (secondary N) is 1. The van der Waals surface area contributed by atoms with Crippen LogP contribution in [0.25, 0.3) is 11.6 Å². The molecule has 0 aliphatic heterocycles. The largest absolute Gasteiger partial charge is 0.496 e. The van der Waals surface area contributed by atoms with Gasteiger partial charge in [0.15, 0.2) is 5.76 Å². The number of rotatable bonds is 7. The summed E-state index contributed by atoms with van der Waals surface area (Å²) in [5.41, 5.74) is 0.960. The van der Waals surface area contributed by atoms with E-state index in [9.17, 15) is 4.79 Å². The third-order valence-corrected chi connectivity index (χ3v) is 3.68. The van der Waals surface area contributed by atoms with Crippen molar-refractivity contribution in [2.45, 2.75) is 26.3 Å². The number of furan rings is 1. The van der Waals surface area contributed by atoms with Gasteiger partial charge in [-0.15, -0.1) is 5.10 Å². The molecule has 130 valence electrons. The molecule has 0 aliphatic carbocycles. The topological polar surface area (TPSA) is 82.2 Å². The first-order valence-electron chi connectivity index (χ1n) is 8.12. The lowest BCUT2D eigenvalue weighted by atomic mass is 10.2. The van der Waals surface area contributed by atoms with Gasteiger partial charge in [-0.05, 0) is 24.6 Å². The molecule has 7 nitrogen and oxygen atoms in total. The standard InChI is InChI=1S/C18H20N4O3/c1-3-7-16(23)22-18(20-17(21-22)15-10-6-11-25-15)19-12-13-8-4-5-9-14(13)24-2/h4-6,8-11H,3,7,12H2,1-2H3,(H,19,20,21). The summed E-state index contributed by atoms with van der Waals surface area (Å²) in [4.78, 5) is 16.8. The zero-order valence-electron chi connectivity index (χ0n) is 14.2. The van der Waals surface area contributed by atoms with Crippen LogP contribution in [-0.4, -0.2) is 27.8 Å². The van der Waals surface area contributed by atoms with Gasteiger partial charge in [0.25, 0.3) is 0 Å². The van der Waals surface area contributed by atoms with Gasteiger partial charge < -0.3 is 14.5 Å². The molecule has 1 N–H and O–H groups in total. The minimum atomic E-state index is -0.115. The lowest BCUT2D eigenvalue weighted by molar-refractivity contribution is 0.0888. The smallest absolute Gasteiger partial charge is 0.250 e. The molecular weight excluding hydrogens is 320 g/mol. The van der Waals surface area contributed by atoms with Gasteiger partial charge in [0.1, 0.15) is 5.75 Å². The van der Waals surface area contributed by atoms with E-state index in [4.69, 9.17) is 9.15 Å². The molecule has 0 saturated carbocycles. The predicted molar refractivity (Wildman–Crippen MR) is 93.6 cm³/mol. The van der Waals surface area contributed by atoms with E-state index in [2.05, 4.69) is 15.4 Å². The van der Waals surface area contributed by atoms with Crippen molar-refractivity contribution in [3.8, 4) is 17.3 Å². The van der Waals surface area contributed by atoms with Crippen LogP contribution < -0.4 is 10.1 Å². The number of carbonyl (C=O) groups is 1. The first kappa shape index (κ1) is 16.8. The van der Waals surface area contributed by atoms with Crippen molar-refractivity contribution in [3.05, 3.63) is 48.2 Å². The molecule has 0 spiro atoms. The monoisotopic (exact) mass is 340 g/mol. The number of para-hydroxylation sites is 1. The molecular formula is C18H20N4O3. The van der Waals surface area contributed by atoms with E-state index in [-0.39, 0.29) is 5.91 Å². The Hall–Kier alpha value is -3.09. The molecule has 7 heteroatoms. The number of carbonyl (C=O) groups excluding carboxylic acids is 1. The van der Waals surface area contributed by atoms with Crippen molar-refractivity contribution in [1.82, 2.24) is 14.8 Å². The maximum absolute atomic E-state index is 12.3. The SMILES string of the molecule is CCCC(=O)n1nc(-c2ccco2)nc1NCc1ccccc1OC. The Balaban J connectivity index is 1.87. The normalized spacial score (nSPS) is 10.6. The Morgan fingerprint density at radius 3 is 2.84 bits per heavy atom. The molecule has 0 bridgehead atoms. The van der Waals surface area contributed by atoms with Gasteiger partial charge in [-0.25, -0.2) is 0 Å². The molecule has 2 aromatic heterocycles. The Morgan fingerprint density at radius 1 is 1.28 bits per heavy atom. The van der Waals surface area contributed by atoms with Crippen molar-refractivity contribution in [1.29, 1.82) is 0 Å². The van der Waals surface area contributed by atoms with Gasteiger partial charge in [0.05, 0.1) is 13.4 Å². The molecule has 0 saturated heterocycles. The summed E-state index contributed by atoms with van der Waals surface area (Å²) in [6.45, 7) is 2.41. The van der Waals surface area contributed by atoms with E-state index in [1.54, 1.807) is 25.5 Å². The summed E-state index contributed by atoms with van der Waals surface area (Å²) in [6, 6.07) is 11.2. The third kappa shape index (κ3) is 3.71. The van der Waals surface area contributed by atoms with Crippen molar-refractivity contribution in [2.75, 3.05) is 12.4 Å². The van der Waals surface area contributed by atoms with Crippen LogP contribution in [0.5, 0.6) is 5.75 Å². The third-order valence-electron chi connectivity index (χ3n) is 3.68. The van der Waals surface area contributed by atoms with Gasteiger partial charge in [-0.3, -0.25) is 4.79 Å². The van der Waals surface area contributed by atoms with Gasteiger partial charge in [0, 0.05) is 18.5 Å². The molecule has 0 fully saturated rings. The molecule has 0 atom stereocenters.